The van der Waals surface area contributed by atoms with E-state index < -0.39 is 0 Å². The van der Waals surface area contributed by atoms with E-state index in [2.05, 4.69) is 21.8 Å². The summed E-state index contributed by atoms with van der Waals surface area (Å²) < 4.78 is 5.25. The number of fused-ring (bicyclic) bond motifs is 1. The highest BCUT2D eigenvalue weighted by atomic mass is 32.1. The van der Waals surface area contributed by atoms with Gasteiger partial charge in [-0.15, -0.1) is 0 Å². The van der Waals surface area contributed by atoms with E-state index in [0.29, 0.717) is 5.92 Å². The molecule has 0 aliphatic heterocycles. The van der Waals surface area contributed by atoms with Crippen molar-refractivity contribution in [1.29, 1.82) is 0 Å². The summed E-state index contributed by atoms with van der Waals surface area (Å²) in [6.45, 7) is 0. The topological polar surface area (TPSA) is 42.0 Å². The second-order valence-corrected chi connectivity index (χ2v) is 6.26. The van der Waals surface area contributed by atoms with Crippen molar-refractivity contribution in [2.24, 2.45) is 5.92 Å². The minimum atomic E-state index is 0.101. The van der Waals surface area contributed by atoms with Gasteiger partial charge in [0.05, 0.1) is 4.70 Å². The second-order valence-electron chi connectivity index (χ2n) is 5.43. The van der Waals surface area contributed by atoms with Gasteiger partial charge in [-0.25, -0.2) is 0 Å². The molecule has 104 valence electrons. The SMILES string of the molecule is O=C(Nc1ccc2cnsc2c1)[C@@H]1CC1c1ccccc1. The molecule has 4 rings (SSSR count). The first-order chi connectivity index (χ1) is 10.3. The van der Waals surface area contributed by atoms with Gasteiger partial charge in [0.2, 0.25) is 5.91 Å². The lowest BCUT2D eigenvalue weighted by molar-refractivity contribution is -0.117. The van der Waals surface area contributed by atoms with Crippen LogP contribution in [0, 0.1) is 5.92 Å². The lowest BCUT2D eigenvalue weighted by Crippen LogP contribution is -2.14. The number of hydrogen-bond acceptors (Lipinski definition) is 3. The molecule has 1 fully saturated rings. The fourth-order valence-corrected chi connectivity index (χ4v) is 3.41. The number of aromatic nitrogens is 1. The predicted octanol–water partition coefficient (Wildman–Crippen LogP) is 4.04. The summed E-state index contributed by atoms with van der Waals surface area (Å²) in [4.78, 5) is 12.3. The van der Waals surface area contributed by atoms with Gasteiger partial charge in [-0.1, -0.05) is 30.3 Å². The molecule has 21 heavy (non-hydrogen) atoms. The van der Waals surface area contributed by atoms with Gasteiger partial charge in [0.1, 0.15) is 0 Å². The number of carbonyl (C=O) groups excluding carboxylic acids is 1. The van der Waals surface area contributed by atoms with Crippen LogP contribution < -0.4 is 5.32 Å². The third kappa shape index (κ3) is 2.43. The van der Waals surface area contributed by atoms with Gasteiger partial charge in [0.25, 0.3) is 0 Å². The van der Waals surface area contributed by atoms with Crippen molar-refractivity contribution in [3.05, 3.63) is 60.3 Å². The minimum absolute atomic E-state index is 0.101. The summed E-state index contributed by atoms with van der Waals surface area (Å²) in [7, 11) is 0. The van der Waals surface area contributed by atoms with Crippen molar-refractivity contribution in [3.63, 3.8) is 0 Å². The summed E-state index contributed by atoms with van der Waals surface area (Å²) in [6.07, 6.45) is 2.79. The molecule has 1 N–H and O–H groups in total. The van der Waals surface area contributed by atoms with Crippen molar-refractivity contribution in [3.8, 4) is 0 Å². The maximum Gasteiger partial charge on any atom is 0.228 e. The van der Waals surface area contributed by atoms with Crippen LogP contribution in [0.25, 0.3) is 10.1 Å². The van der Waals surface area contributed by atoms with Gasteiger partial charge in [-0.2, -0.15) is 4.37 Å². The Morgan fingerprint density at radius 2 is 2.05 bits per heavy atom. The smallest absolute Gasteiger partial charge is 0.228 e. The van der Waals surface area contributed by atoms with Crippen LogP contribution in [0.5, 0.6) is 0 Å². The van der Waals surface area contributed by atoms with E-state index in [1.165, 1.54) is 17.1 Å². The van der Waals surface area contributed by atoms with Crippen LogP contribution in [0.15, 0.2) is 54.7 Å². The zero-order valence-corrected chi connectivity index (χ0v) is 12.1. The summed E-state index contributed by atoms with van der Waals surface area (Å²) >= 11 is 1.45. The number of nitrogens with one attached hydrogen (secondary N) is 1. The molecule has 1 aromatic heterocycles. The molecule has 3 nitrogen and oxygen atoms in total. The van der Waals surface area contributed by atoms with Gasteiger partial charge in [0, 0.05) is 23.2 Å². The number of rotatable bonds is 3. The van der Waals surface area contributed by atoms with Crippen LogP contribution in [-0.4, -0.2) is 10.3 Å². The predicted molar refractivity (Wildman–Crippen MR) is 85.5 cm³/mol. The van der Waals surface area contributed by atoms with Crippen molar-refractivity contribution in [2.75, 3.05) is 5.32 Å². The zero-order chi connectivity index (χ0) is 14.2. The van der Waals surface area contributed by atoms with E-state index in [4.69, 9.17) is 0 Å². The highest BCUT2D eigenvalue weighted by Crippen LogP contribution is 2.47. The number of benzene rings is 2. The molecule has 1 aliphatic carbocycles. The van der Waals surface area contributed by atoms with E-state index in [1.54, 1.807) is 0 Å². The zero-order valence-electron chi connectivity index (χ0n) is 11.3. The number of nitrogens with zero attached hydrogens (tertiary/aromatic N) is 1. The van der Waals surface area contributed by atoms with E-state index in [-0.39, 0.29) is 11.8 Å². The number of anilines is 1. The third-order valence-electron chi connectivity index (χ3n) is 3.98. The molecule has 1 unspecified atom stereocenters. The van der Waals surface area contributed by atoms with E-state index in [0.717, 1.165) is 22.2 Å². The molecule has 1 heterocycles. The Labute approximate surface area is 126 Å². The molecule has 1 aliphatic rings. The van der Waals surface area contributed by atoms with Crippen molar-refractivity contribution in [1.82, 2.24) is 4.37 Å². The molecule has 0 spiro atoms. The largest absolute Gasteiger partial charge is 0.326 e. The molecule has 2 atom stereocenters. The average Bonchev–Trinajstić information content (AvgIpc) is 3.19. The van der Waals surface area contributed by atoms with E-state index in [1.807, 2.05) is 42.6 Å². The van der Waals surface area contributed by atoms with Crippen LogP contribution in [0.2, 0.25) is 0 Å². The Bertz CT molecular complexity index is 797. The number of carbonyl (C=O) groups is 1. The van der Waals surface area contributed by atoms with Crippen LogP contribution in [-0.2, 0) is 4.79 Å². The van der Waals surface area contributed by atoms with Crippen LogP contribution in [0.4, 0.5) is 5.69 Å². The molecule has 3 aromatic rings. The van der Waals surface area contributed by atoms with E-state index >= 15 is 0 Å². The van der Waals surface area contributed by atoms with Gasteiger partial charge in [-0.05, 0) is 47.6 Å². The Hall–Kier alpha value is -2.20. The Balaban J connectivity index is 1.47. The molecule has 0 bridgehead atoms. The molecule has 1 amide bonds. The number of amides is 1. The fraction of sp³-hybridized carbons (Fsp3) is 0.176. The normalized spacial score (nSPS) is 20.4. The Morgan fingerprint density at radius 3 is 2.90 bits per heavy atom. The number of hydrogen-bond donors (Lipinski definition) is 1. The summed E-state index contributed by atoms with van der Waals surface area (Å²) in [5.74, 6) is 0.593. The fourth-order valence-electron chi connectivity index (χ4n) is 2.73. The van der Waals surface area contributed by atoms with Gasteiger partial charge >= 0.3 is 0 Å². The lowest BCUT2D eigenvalue weighted by Gasteiger charge is -2.05. The summed E-state index contributed by atoms with van der Waals surface area (Å²) in [6, 6.07) is 16.2. The maximum absolute atomic E-state index is 12.3. The van der Waals surface area contributed by atoms with Gasteiger partial charge < -0.3 is 5.32 Å². The average molecular weight is 294 g/mol. The highest BCUT2D eigenvalue weighted by Gasteiger charge is 2.43. The molecule has 0 saturated heterocycles. The molecular formula is C17H14N2OS. The standard InChI is InChI=1S/C17H14N2OS/c20-17(15-9-14(15)11-4-2-1-3-5-11)19-13-7-6-12-10-18-21-16(12)8-13/h1-8,10,14-15H,9H2,(H,19,20)/t14?,15-/m1/s1. The summed E-state index contributed by atoms with van der Waals surface area (Å²) in [5.41, 5.74) is 2.12. The molecule has 2 aromatic carbocycles. The first-order valence-electron chi connectivity index (χ1n) is 7.01. The van der Waals surface area contributed by atoms with Crippen molar-refractivity contribution in [2.45, 2.75) is 12.3 Å². The lowest BCUT2D eigenvalue weighted by atomic mass is 10.1. The van der Waals surface area contributed by atoms with E-state index in [9.17, 15) is 4.79 Å². The van der Waals surface area contributed by atoms with Crippen molar-refractivity contribution >= 4 is 33.2 Å². The monoisotopic (exact) mass is 294 g/mol. The highest BCUT2D eigenvalue weighted by molar-refractivity contribution is 7.13. The molecule has 1 saturated carbocycles. The summed E-state index contributed by atoms with van der Waals surface area (Å²) in [5, 5.41) is 4.14. The molecule has 0 radical (unpaired) electrons. The molecular weight excluding hydrogens is 280 g/mol. The van der Waals surface area contributed by atoms with Crippen LogP contribution >= 0.6 is 11.5 Å². The first-order valence-corrected chi connectivity index (χ1v) is 7.79. The first kappa shape index (κ1) is 12.5. The van der Waals surface area contributed by atoms with Gasteiger partial charge in [-0.3, -0.25) is 4.79 Å². The van der Waals surface area contributed by atoms with Crippen LogP contribution in [0.1, 0.15) is 17.9 Å². The quantitative estimate of drug-likeness (QED) is 0.792. The minimum Gasteiger partial charge on any atom is -0.326 e. The van der Waals surface area contributed by atoms with Crippen LogP contribution in [0.3, 0.4) is 0 Å². The molecule has 4 heteroatoms. The van der Waals surface area contributed by atoms with Crippen molar-refractivity contribution < 1.29 is 4.79 Å². The van der Waals surface area contributed by atoms with Gasteiger partial charge in [0.15, 0.2) is 0 Å². The second kappa shape index (κ2) is 4.97. The Morgan fingerprint density at radius 1 is 1.19 bits per heavy atom. The maximum atomic E-state index is 12.3. The Kier molecular flexibility index (Phi) is 2.97. The third-order valence-corrected chi connectivity index (χ3v) is 4.74.